The largest absolute Gasteiger partial charge is 0.348 e. The Bertz CT molecular complexity index is 1400. The van der Waals surface area contributed by atoms with Crippen LogP contribution in [0.5, 0.6) is 0 Å². The quantitative estimate of drug-likeness (QED) is 0.334. The van der Waals surface area contributed by atoms with E-state index >= 15 is 0 Å². The zero-order chi connectivity index (χ0) is 29.1. The summed E-state index contributed by atoms with van der Waals surface area (Å²) in [7, 11) is -1.68. The first kappa shape index (κ1) is 32.8. The summed E-state index contributed by atoms with van der Waals surface area (Å²) in [5.41, 5.74) is 1.99. The van der Waals surface area contributed by atoms with Crippen molar-refractivity contribution in [2.75, 3.05) is 33.2 Å². The second kappa shape index (κ2) is 16.1. The van der Waals surface area contributed by atoms with Gasteiger partial charge >= 0.3 is 6.03 Å². The summed E-state index contributed by atoms with van der Waals surface area (Å²) in [6.45, 7) is 2.71. The van der Waals surface area contributed by atoms with Gasteiger partial charge in [0.25, 0.3) is 0 Å². The third-order valence-electron chi connectivity index (χ3n) is 7.16. The van der Waals surface area contributed by atoms with Gasteiger partial charge in [0, 0.05) is 44.0 Å². The lowest BCUT2D eigenvalue weighted by Crippen LogP contribution is -2.56. The minimum atomic E-state index is -3.69. The number of urea groups is 1. The molecule has 2 atom stereocenters. The van der Waals surface area contributed by atoms with Crippen LogP contribution in [0, 0.1) is 0 Å². The van der Waals surface area contributed by atoms with Gasteiger partial charge in [-0.15, -0.1) is 12.4 Å². The van der Waals surface area contributed by atoms with E-state index in [9.17, 15) is 18.0 Å². The number of hydrogen-bond donors (Lipinski definition) is 2. The Morgan fingerprint density at radius 2 is 1.67 bits per heavy atom. The fraction of sp³-hybridized carbons (Fsp3) is 0.312. The molecule has 1 saturated heterocycles. The first-order valence-electron chi connectivity index (χ1n) is 13.9. The third kappa shape index (κ3) is 10.0. The van der Waals surface area contributed by atoms with Crippen molar-refractivity contribution in [1.82, 2.24) is 20.4 Å². The molecule has 0 saturated carbocycles. The fourth-order valence-corrected chi connectivity index (χ4v) is 5.75. The van der Waals surface area contributed by atoms with Crippen LogP contribution in [0.1, 0.15) is 17.5 Å². The van der Waals surface area contributed by atoms with E-state index in [1.54, 1.807) is 35.2 Å². The summed E-state index contributed by atoms with van der Waals surface area (Å²) in [6.07, 6.45) is 2.97. The molecule has 8 nitrogen and oxygen atoms in total. The number of aryl methyl sites for hydroxylation is 1. The molecule has 1 fully saturated rings. The average molecular weight is 629 g/mol. The van der Waals surface area contributed by atoms with Gasteiger partial charge in [-0.2, -0.15) is 0 Å². The van der Waals surface area contributed by atoms with Gasteiger partial charge in [0.1, 0.15) is 6.04 Å². The zero-order valence-corrected chi connectivity index (χ0v) is 25.4. The Hall–Kier alpha value is -3.66. The van der Waals surface area contributed by atoms with Gasteiger partial charge in [0.2, 0.25) is 5.91 Å². The summed E-state index contributed by atoms with van der Waals surface area (Å²) in [6, 6.07) is 25.9. The average Bonchev–Trinajstić information content (AvgIpc) is 3.00. The SMILES string of the molecule is CN1CCN(C(=O)N[14C@@H]([14CH2][14c]2[14cH][14cH][14cH][14cH][14cH]2)[14C](=O)N[C@H](/C=C/S(=O)(=O)c2ccccc2)CCc2ccccc2)CC1.Cl. The Balaban J connectivity index is 0.00000484. The number of carbonyl (C=O) groups is 2. The van der Waals surface area contributed by atoms with E-state index in [1.807, 2.05) is 67.7 Å². The van der Waals surface area contributed by atoms with Crippen LogP contribution in [-0.2, 0) is 27.5 Å². The number of likely N-dealkylation sites (N-methyl/N-ethyl adjacent to an activating group) is 1. The van der Waals surface area contributed by atoms with Crippen LogP contribution in [0.15, 0.2) is 107 Å². The molecule has 10 heteroatoms. The van der Waals surface area contributed by atoms with E-state index in [4.69, 9.17) is 0 Å². The highest BCUT2D eigenvalue weighted by molar-refractivity contribution is 7.94. The molecule has 3 aromatic carbocycles. The summed E-state index contributed by atoms with van der Waals surface area (Å²) >= 11 is 0. The number of nitrogens with one attached hydrogen (secondary N) is 2. The van der Waals surface area contributed by atoms with Crippen LogP contribution >= 0.6 is 12.4 Å². The number of sulfone groups is 1. The molecule has 42 heavy (non-hydrogen) atoms. The summed E-state index contributed by atoms with van der Waals surface area (Å²) < 4.78 is 25.9. The Morgan fingerprint density at radius 3 is 2.31 bits per heavy atom. The molecule has 1 aliphatic rings. The van der Waals surface area contributed by atoms with Crippen LogP contribution < -0.4 is 10.6 Å². The molecule has 3 aromatic rings. The van der Waals surface area contributed by atoms with Crippen LogP contribution in [-0.4, -0.2) is 75.5 Å². The number of carbonyl (C=O) groups excluding carboxylic acids is 2. The molecule has 224 valence electrons. The van der Waals surface area contributed by atoms with Crippen LogP contribution in [0.4, 0.5) is 4.79 Å². The highest BCUT2D eigenvalue weighted by atomic mass is 35.5. The normalized spacial score (nSPS) is 15.4. The lowest BCUT2D eigenvalue weighted by atomic mass is 10.1. The molecule has 2 N–H and O–H groups in total. The Kier molecular flexibility index (Phi) is 12.6. The summed E-state index contributed by atoms with van der Waals surface area (Å²) in [4.78, 5) is 30.9. The standard InChI is InChI=1S/C32H38N4O4S.ClH/c1-35-20-22-36(23-21-35)32(38)34-30(25-27-13-7-3-8-14-27)31(37)33-28(18-17-26-11-5-2-6-12-26)19-24-41(39,40)29-15-9-4-10-16-29;/h2-16,19,24,28,30H,17-18,20-23,25H2,1H3,(H,33,37)(H,34,38);1H/b24-19+;/t28-,30-;/m0./s1/i3+2,7+2,8+2,13+2,14+2,25+2,27+2,30+2,31+2;. The van der Waals surface area contributed by atoms with Crippen molar-refractivity contribution >= 4 is 34.2 Å². The maximum absolute atomic E-state index is 13.7. The maximum Gasteiger partial charge on any atom is 0.318 e. The van der Waals surface area contributed by atoms with E-state index in [1.165, 1.54) is 6.08 Å². The minimum absolute atomic E-state index is 0. The molecule has 1 aliphatic heterocycles. The number of halogens is 1. The Labute approximate surface area is 255 Å². The van der Waals surface area contributed by atoms with E-state index in [0.29, 0.717) is 32.4 Å². The van der Waals surface area contributed by atoms with Gasteiger partial charge < -0.3 is 20.4 Å². The maximum atomic E-state index is 13.7. The van der Waals surface area contributed by atoms with Crippen molar-refractivity contribution in [3.05, 3.63) is 114 Å². The van der Waals surface area contributed by atoms with Crippen LogP contribution in [0.3, 0.4) is 0 Å². The summed E-state index contributed by atoms with van der Waals surface area (Å²) in [5, 5.41) is 7.12. The van der Waals surface area contributed by atoms with Gasteiger partial charge in [-0.3, -0.25) is 4.79 Å². The number of piperazine rings is 1. The van der Waals surface area contributed by atoms with Crippen molar-refractivity contribution < 1.29 is 18.0 Å². The second-order valence-corrected chi connectivity index (χ2v) is 12.1. The van der Waals surface area contributed by atoms with Crippen molar-refractivity contribution in [3.63, 3.8) is 0 Å². The van der Waals surface area contributed by atoms with E-state index < -0.39 is 21.9 Å². The fourth-order valence-electron chi connectivity index (χ4n) is 4.66. The molecule has 0 unspecified atom stereocenters. The molecule has 1 heterocycles. The second-order valence-electron chi connectivity index (χ2n) is 10.3. The van der Waals surface area contributed by atoms with E-state index in [2.05, 4.69) is 15.5 Å². The predicted octanol–water partition coefficient (Wildman–Crippen LogP) is 4.08. The first-order valence-corrected chi connectivity index (χ1v) is 15.5. The minimum Gasteiger partial charge on any atom is -0.348 e. The molecule has 0 aromatic heterocycles. The van der Waals surface area contributed by atoms with Crippen LogP contribution in [0.25, 0.3) is 0 Å². The number of amides is 3. The topological polar surface area (TPSA) is 98.8 Å². The number of hydrogen-bond acceptors (Lipinski definition) is 5. The highest BCUT2D eigenvalue weighted by Gasteiger charge is 2.27. The van der Waals surface area contributed by atoms with Gasteiger partial charge in [-0.05, 0) is 43.1 Å². The molecular formula is C32H39ClN4O4S. The number of benzene rings is 3. The smallest absolute Gasteiger partial charge is 0.318 e. The first-order chi connectivity index (χ1) is 19.8. The van der Waals surface area contributed by atoms with Crippen LogP contribution in [0.2, 0.25) is 0 Å². The number of rotatable bonds is 11. The molecule has 0 radical (unpaired) electrons. The van der Waals surface area contributed by atoms with Gasteiger partial charge in [0.05, 0.1) is 4.90 Å². The van der Waals surface area contributed by atoms with Crippen molar-refractivity contribution in [2.24, 2.45) is 0 Å². The molecule has 4 rings (SSSR count). The zero-order valence-electron chi connectivity index (χ0n) is 23.8. The molecular weight excluding hydrogens is 590 g/mol. The lowest BCUT2D eigenvalue weighted by molar-refractivity contribution is -0.123. The molecule has 0 aliphatic carbocycles. The molecule has 3 amide bonds. The number of nitrogens with zero attached hydrogens (tertiary/aromatic N) is 2. The predicted molar refractivity (Wildman–Crippen MR) is 168 cm³/mol. The van der Waals surface area contributed by atoms with Crippen molar-refractivity contribution in [3.8, 4) is 0 Å². The van der Waals surface area contributed by atoms with Gasteiger partial charge in [0.15, 0.2) is 9.84 Å². The van der Waals surface area contributed by atoms with E-state index in [-0.39, 0.29) is 29.2 Å². The highest BCUT2D eigenvalue weighted by Crippen LogP contribution is 2.14. The van der Waals surface area contributed by atoms with Gasteiger partial charge in [-0.1, -0.05) is 84.9 Å². The summed E-state index contributed by atoms with van der Waals surface area (Å²) in [5.74, 6) is -0.365. The van der Waals surface area contributed by atoms with Gasteiger partial charge in [-0.25, -0.2) is 13.2 Å². The monoisotopic (exact) mass is 628 g/mol. The third-order valence-corrected chi connectivity index (χ3v) is 8.61. The van der Waals surface area contributed by atoms with Crippen molar-refractivity contribution in [2.45, 2.75) is 36.2 Å². The van der Waals surface area contributed by atoms with E-state index in [0.717, 1.165) is 29.6 Å². The van der Waals surface area contributed by atoms with Crippen molar-refractivity contribution in [1.29, 1.82) is 0 Å². The Morgan fingerprint density at radius 1 is 1.05 bits per heavy atom. The lowest BCUT2D eigenvalue weighted by Gasteiger charge is -2.33. The molecule has 0 bridgehead atoms. The molecule has 0 spiro atoms.